The summed E-state index contributed by atoms with van der Waals surface area (Å²) in [5, 5.41) is 9.44. The largest absolute Gasteiger partial charge is 0.504 e. The lowest BCUT2D eigenvalue weighted by Crippen LogP contribution is -2.51. The van der Waals surface area contributed by atoms with Gasteiger partial charge in [-0.15, -0.1) is 0 Å². The minimum absolute atomic E-state index is 0.0645. The maximum atomic E-state index is 12.8. The number of ether oxygens (including phenoxy) is 1. The summed E-state index contributed by atoms with van der Waals surface area (Å²) in [6.45, 7) is 2.17. The smallest absolute Gasteiger partial charge is 0.294 e. The molecule has 0 unspecified atom stereocenters. The number of piperazine rings is 1. The van der Waals surface area contributed by atoms with Gasteiger partial charge >= 0.3 is 0 Å². The summed E-state index contributed by atoms with van der Waals surface area (Å²) in [5.41, 5.74) is 1.66. The minimum Gasteiger partial charge on any atom is -0.504 e. The summed E-state index contributed by atoms with van der Waals surface area (Å²) in [4.78, 5) is 43.0. The van der Waals surface area contributed by atoms with Gasteiger partial charge in [0.05, 0.1) is 12.0 Å². The van der Waals surface area contributed by atoms with Crippen LogP contribution in [0.15, 0.2) is 53.4 Å². The lowest BCUT2D eigenvalue weighted by molar-refractivity contribution is -0.136. The third-order valence-electron chi connectivity index (χ3n) is 5.42. The number of hydrogen-bond donors (Lipinski definition) is 1. The zero-order chi connectivity index (χ0) is 22.7. The Morgan fingerprint density at radius 3 is 2.47 bits per heavy atom. The number of aromatic hydroxyl groups is 1. The fraction of sp³-hybridized carbons (Fsp3) is 0.261. The number of amides is 3. The van der Waals surface area contributed by atoms with Crippen LogP contribution in [0.4, 0.5) is 10.5 Å². The first kappa shape index (κ1) is 21.8. The Kier molecular flexibility index (Phi) is 6.36. The second-order valence-corrected chi connectivity index (χ2v) is 8.40. The third kappa shape index (κ3) is 4.57. The zero-order valence-electron chi connectivity index (χ0n) is 17.6. The number of methoxy groups -OCH3 is 1. The molecule has 0 radical (unpaired) electrons. The first-order chi connectivity index (χ1) is 15.5. The van der Waals surface area contributed by atoms with Crippen molar-refractivity contribution < 1.29 is 24.2 Å². The summed E-state index contributed by atoms with van der Waals surface area (Å²) in [6, 6.07) is 14.7. The van der Waals surface area contributed by atoms with Crippen LogP contribution in [0.3, 0.4) is 0 Å². The Bertz CT molecular complexity index is 1060. The fourth-order valence-corrected chi connectivity index (χ4v) is 4.51. The summed E-state index contributed by atoms with van der Waals surface area (Å²) >= 11 is 0.785. The van der Waals surface area contributed by atoms with E-state index in [1.54, 1.807) is 17.0 Å². The molecule has 0 spiro atoms. The Morgan fingerprint density at radius 1 is 1.09 bits per heavy atom. The first-order valence-corrected chi connectivity index (χ1v) is 11.0. The normalized spacial score (nSPS) is 17.9. The van der Waals surface area contributed by atoms with E-state index in [9.17, 15) is 19.5 Å². The Morgan fingerprint density at radius 2 is 1.81 bits per heavy atom. The summed E-state index contributed by atoms with van der Waals surface area (Å²) in [7, 11) is 1.44. The van der Waals surface area contributed by atoms with Crippen molar-refractivity contribution in [2.75, 3.05) is 44.7 Å². The van der Waals surface area contributed by atoms with Crippen molar-refractivity contribution >= 4 is 40.6 Å². The van der Waals surface area contributed by atoms with Crippen LogP contribution in [0.5, 0.6) is 11.5 Å². The lowest BCUT2D eigenvalue weighted by Gasteiger charge is -2.36. The monoisotopic (exact) mass is 453 g/mol. The molecule has 3 amide bonds. The van der Waals surface area contributed by atoms with Gasteiger partial charge in [0.2, 0.25) is 5.91 Å². The van der Waals surface area contributed by atoms with Gasteiger partial charge in [-0.3, -0.25) is 19.3 Å². The lowest BCUT2D eigenvalue weighted by atomic mass is 10.2. The van der Waals surface area contributed by atoms with Crippen molar-refractivity contribution in [2.45, 2.75) is 0 Å². The van der Waals surface area contributed by atoms with Gasteiger partial charge in [-0.1, -0.05) is 24.3 Å². The summed E-state index contributed by atoms with van der Waals surface area (Å²) in [5.74, 6) is -0.506. The average molecular weight is 454 g/mol. The fourth-order valence-electron chi connectivity index (χ4n) is 3.67. The molecule has 0 saturated carbocycles. The van der Waals surface area contributed by atoms with Crippen LogP contribution in [0, 0.1) is 0 Å². The second kappa shape index (κ2) is 9.35. The molecule has 0 aromatic heterocycles. The Labute approximate surface area is 190 Å². The van der Waals surface area contributed by atoms with E-state index in [2.05, 4.69) is 4.90 Å². The molecular weight excluding hydrogens is 430 g/mol. The number of carbonyl (C=O) groups excluding carboxylic acids is 3. The maximum Gasteiger partial charge on any atom is 0.294 e. The molecule has 2 aliphatic heterocycles. The molecule has 1 N–H and O–H groups in total. The Hall–Kier alpha value is -3.46. The molecule has 166 valence electrons. The predicted octanol–water partition coefficient (Wildman–Crippen LogP) is 2.79. The molecule has 0 bridgehead atoms. The first-order valence-electron chi connectivity index (χ1n) is 10.2. The molecule has 32 heavy (non-hydrogen) atoms. The highest BCUT2D eigenvalue weighted by atomic mass is 32.2. The van der Waals surface area contributed by atoms with E-state index in [1.807, 2.05) is 30.3 Å². The van der Waals surface area contributed by atoms with Crippen molar-refractivity contribution in [1.82, 2.24) is 9.80 Å². The quantitative estimate of drug-likeness (QED) is 0.696. The number of anilines is 1. The molecule has 2 heterocycles. The molecule has 2 fully saturated rings. The van der Waals surface area contributed by atoms with Crippen molar-refractivity contribution in [3.8, 4) is 11.5 Å². The molecule has 8 nitrogen and oxygen atoms in total. The van der Waals surface area contributed by atoms with Gasteiger partial charge in [0, 0.05) is 31.9 Å². The molecule has 2 aromatic carbocycles. The zero-order valence-corrected chi connectivity index (χ0v) is 18.4. The summed E-state index contributed by atoms with van der Waals surface area (Å²) < 4.78 is 5.01. The number of thioether (sulfide) groups is 1. The third-order valence-corrected chi connectivity index (χ3v) is 6.33. The van der Waals surface area contributed by atoms with E-state index >= 15 is 0 Å². The second-order valence-electron chi connectivity index (χ2n) is 7.40. The van der Waals surface area contributed by atoms with Crippen LogP contribution >= 0.6 is 11.8 Å². The van der Waals surface area contributed by atoms with Crippen LogP contribution in [0.1, 0.15) is 5.56 Å². The van der Waals surface area contributed by atoms with Crippen molar-refractivity contribution in [3.05, 3.63) is 59.0 Å². The van der Waals surface area contributed by atoms with Crippen LogP contribution in [0.25, 0.3) is 6.08 Å². The van der Waals surface area contributed by atoms with Crippen LogP contribution in [0.2, 0.25) is 0 Å². The van der Waals surface area contributed by atoms with Gasteiger partial charge < -0.3 is 19.6 Å². The number of nitrogens with zero attached hydrogens (tertiary/aromatic N) is 3. The average Bonchev–Trinajstić information content (AvgIpc) is 3.07. The van der Waals surface area contributed by atoms with Gasteiger partial charge in [0.15, 0.2) is 11.5 Å². The van der Waals surface area contributed by atoms with Gasteiger partial charge in [0.25, 0.3) is 11.1 Å². The number of hydrogen-bond acceptors (Lipinski definition) is 7. The van der Waals surface area contributed by atoms with E-state index in [0.29, 0.717) is 37.5 Å². The number of imide groups is 1. The SMILES string of the molecule is COc1ccc(/C=C2/SC(=O)N(CC(=O)N3CCN(c4ccccc4)CC3)C2=O)cc1O. The van der Waals surface area contributed by atoms with Crippen LogP contribution in [-0.4, -0.2) is 71.8 Å². The molecule has 9 heteroatoms. The number of benzene rings is 2. The predicted molar refractivity (Wildman–Crippen MR) is 123 cm³/mol. The molecule has 4 rings (SSSR count). The Balaban J connectivity index is 1.37. The minimum atomic E-state index is -0.508. The van der Waals surface area contributed by atoms with E-state index in [1.165, 1.54) is 19.3 Å². The van der Waals surface area contributed by atoms with E-state index in [0.717, 1.165) is 22.3 Å². The highest BCUT2D eigenvalue weighted by molar-refractivity contribution is 8.18. The number of carbonyl (C=O) groups is 3. The highest BCUT2D eigenvalue weighted by Gasteiger charge is 2.37. The van der Waals surface area contributed by atoms with Crippen molar-refractivity contribution in [2.24, 2.45) is 0 Å². The van der Waals surface area contributed by atoms with Gasteiger partial charge in [0.1, 0.15) is 6.54 Å². The maximum absolute atomic E-state index is 12.8. The molecule has 0 aliphatic carbocycles. The van der Waals surface area contributed by atoms with Crippen LogP contribution in [-0.2, 0) is 9.59 Å². The van der Waals surface area contributed by atoms with Crippen LogP contribution < -0.4 is 9.64 Å². The standard InChI is InChI=1S/C23H23N3O5S/c1-31-19-8-7-16(13-18(19)27)14-20-22(29)26(23(30)32-20)15-21(28)25-11-9-24(10-12-25)17-5-3-2-4-6-17/h2-8,13-14,27H,9-12,15H2,1H3/b20-14+. The molecule has 0 atom stereocenters. The van der Waals surface area contributed by atoms with Gasteiger partial charge in [-0.25, -0.2) is 0 Å². The number of phenolic OH excluding ortho intramolecular Hbond substituents is 1. The topological polar surface area (TPSA) is 90.4 Å². The highest BCUT2D eigenvalue weighted by Crippen LogP contribution is 2.34. The van der Waals surface area contributed by atoms with E-state index in [-0.39, 0.29) is 23.1 Å². The number of rotatable bonds is 5. The summed E-state index contributed by atoms with van der Waals surface area (Å²) in [6.07, 6.45) is 1.52. The number of phenols is 1. The van der Waals surface area contributed by atoms with Gasteiger partial charge in [-0.05, 0) is 47.7 Å². The van der Waals surface area contributed by atoms with Crippen molar-refractivity contribution in [1.29, 1.82) is 0 Å². The van der Waals surface area contributed by atoms with Gasteiger partial charge in [-0.2, -0.15) is 0 Å². The van der Waals surface area contributed by atoms with E-state index < -0.39 is 11.1 Å². The molecule has 2 aliphatic rings. The van der Waals surface area contributed by atoms with Crippen molar-refractivity contribution in [3.63, 3.8) is 0 Å². The molecule has 2 saturated heterocycles. The van der Waals surface area contributed by atoms with E-state index in [4.69, 9.17) is 4.74 Å². The molecular formula is C23H23N3O5S. The number of para-hydroxylation sites is 1. The molecule has 2 aromatic rings.